The number of nitrogens with one attached hydrogen (secondary N) is 3. The van der Waals surface area contributed by atoms with E-state index in [0.29, 0.717) is 21.8 Å². The number of carbonyl (C=O) groups excluding carboxylic acids is 3. The lowest BCUT2D eigenvalue weighted by molar-refractivity contribution is -0.114. The Morgan fingerprint density at radius 1 is 0.821 bits per heavy atom. The number of anilines is 2. The Hall–Kier alpha value is -4.33. The summed E-state index contributed by atoms with van der Waals surface area (Å²) in [5.74, 6) is -0.861. The number of benzene rings is 4. The first kappa shape index (κ1) is 27.7. The lowest BCUT2D eigenvalue weighted by atomic mass is 10.1. The van der Waals surface area contributed by atoms with E-state index in [9.17, 15) is 14.4 Å². The summed E-state index contributed by atoms with van der Waals surface area (Å²) in [6, 6.07) is 30.4. The highest BCUT2D eigenvalue weighted by Crippen LogP contribution is 2.23. The second-order valence-electron chi connectivity index (χ2n) is 8.53. The Balaban J connectivity index is 1.46. The smallest absolute Gasteiger partial charge is 0.272 e. The van der Waals surface area contributed by atoms with Crippen LogP contribution in [0.15, 0.2) is 114 Å². The number of hydrogen-bond donors (Lipinski definition) is 3. The SMILES string of the molecule is Cc1ccccc1NC(=O)CSc1cccc(NC(=O)/C(=C\c2ccccc2Cl)NC(=O)c2ccccc2)c1. The highest BCUT2D eigenvalue weighted by molar-refractivity contribution is 8.00. The van der Waals surface area contributed by atoms with Gasteiger partial charge in [0, 0.05) is 26.9 Å². The van der Waals surface area contributed by atoms with Crippen molar-refractivity contribution in [2.75, 3.05) is 16.4 Å². The molecule has 6 nitrogen and oxygen atoms in total. The van der Waals surface area contributed by atoms with Gasteiger partial charge in [-0.25, -0.2) is 0 Å². The number of para-hydroxylation sites is 1. The lowest BCUT2D eigenvalue weighted by Gasteiger charge is -2.13. The molecule has 196 valence electrons. The predicted molar refractivity (Wildman–Crippen MR) is 159 cm³/mol. The third-order valence-electron chi connectivity index (χ3n) is 5.61. The van der Waals surface area contributed by atoms with Crippen LogP contribution in [0.1, 0.15) is 21.5 Å². The van der Waals surface area contributed by atoms with E-state index in [-0.39, 0.29) is 17.4 Å². The zero-order chi connectivity index (χ0) is 27.6. The predicted octanol–water partition coefficient (Wildman–Crippen LogP) is 6.79. The molecular formula is C31H26ClN3O3S. The van der Waals surface area contributed by atoms with E-state index in [2.05, 4.69) is 16.0 Å². The molecule has 0 atom stereocenters. The van der Waals surface area contributed by atoms with Crippen LogP contribution in [0.4, 0.5) is 11.4 Å². The molecule has 0 radical (unpaired) electrons. The zero-order valence-electron chi connectivity index (χ0n) is 21.1. The maximum atomic E-state index is 13.3. The fraction of sp³-hybridized carbons (Fsp3) is 0.0645. The Bertz CT molecular complexity index is 1520. The van der Waals surface area contributed by atoms with Gasteiger partial charge in [-0.1, -0.05) is 72.3 Å². The number of amides is 3. The molecule has 8 heteroatoms. The first-order chi connectivity index (χ1) is 18.9. The van der Waals surface area contributed by atoms with E-state index in [4.69, 9.17) is 11.6 Å². The van der Waals surface area contributed by atoms with Crippen molar-refractivity contribution in [2.24, 2.45) is 0 Å². The van der Waals surface area contributed by atoms with Crippen molar-refractivity contribution in [3.05, 3.63) is 131 Å². The van der Waals surface area contributed by atoms with Crippen molar-refractivity contribution in [2.45, 2.75) is 11.8 Å². The summed E-state index contributed by atoms with van der Waals surface area (Å²) in [6.07, 6.45) is 1.53. The van der Waals surface area contributed by atoms with Crippen LogP contribution in [-0.2, 0) is 9.59 Å². The van der Waals surface area contributed by atoms with Crippen LogP contribution in [0.2, 0.25) is 5.02 Å². The lowest BCUT2D eigenvalue weighted by Crippen LogP contribution is -2.30. The van der Waals surface area contributed by atoms with E-state index in [1.54, 1.807) is 72.8 Å². The normalized spacial score (nSPS) is 11.0. The van der Waals surface area contributed by atoms with Gasteiger partial charge in [-0.15, -0.1) is 11.8 Å². The molecule has 0 aliphatic heterocycles. The molecular weight excluding hydrogens is 530 g/mol. The van der Waals surface area contributed by atoms with Crippen LogP contribution in [-0.4, -0.2) is 23.5 Å². The van der Waals surface area contributed by atoms with Crippen molar-refractivity contribution < 1.29 is 14.4 Å². The van der Waals surface area contributed by atoms with Crippen LogP contribution >= 0.6 is 23.4 Å². The summed E-state index contributed by atoms with van der Waals surface area (Å²) in [6.45, 7) is 1.94. The molecule has 0 spiro atoms. The number of aryl methyl sites for hydroxylation is 1. The third-order valence-corrected chi connectivity index (χ3v) is 6.95. The summed E-state index contributed by atoms with van der Waals surface area (Å²) >= 11 is 7.65. The molecule has 0 aliphatic carbocycles. The fourth-order valence-electron chi connectivity index (χ4n) is 3.60. The van der Waals surface area contributed by atoms with Gasteiger partial charge in [0.05, 0.1) is 5.75 Å². The van der Waals surface area contributed by atoms with E-state index < -0.39 is 11.8 Å². The quantitative estimate of drug-likeness (QED) is 0.157. The fourth-order valence-corrected chi connectivity index (χ4v) is 4.55. The standard InChI is InChI=1S/C31H26ClN3O3S/c1-21-10-5-8-17-27(21)34-29(36)20-39-25-15-9-14-24(19-25)33-31(38)28(18-23-13-6-7-16-26(23)32)35-30(37)22-11-3-2-4-12-22/h2-19H,20H2,1H3,(H,33,38)(H,34,36)(H,35,37)/b28-18+. The molecule has 4 aromatic carbocycles. The first-order valence-electron chi connectivity index (χ1n) is 12.1. The molecule has 0 saturated carbocycles. The summed E-state index contributed by atoms with van der Waals surface area (Å²) in [5.41, 5.74) is 3.32. The van der Waals surface area contributed by atoms with Gasteiger partial charge in [0.1, 0.15) is 5.70 Å². The van der Waals surface area contributed by atoms with E-state index in [1.807, 2.05) is 37.3 Å². The minimum atomic E-state index is -0.515. The average Bonchev–Trinajstić information content (AvgIpc) is 2.94. The van der Waals surface area contributed by atoms with Crippen LogP contribution in [0.3, 0.4) is 0 Å². The Morgan fingerprint density at radius 3 is 2.31 bits per heavy atom. The summed E-state index contributed by atoms with van der Waals surface area (Å²) in [4.78, 5) is 39.4. The summed E-state index contributed by atoms with van der Waals surface area (Å²) in [7, 11) is 0. The molecule has 4 aromatic rings. The van der Waals surface area contributed by atoms with Crippen LogP contribution in [0, 0.1) is 6.92 Å². The number of halogens is 1. The molecule has 0 heterocycles. The van der Waals surface area contributed by atoms with Crippen LogP contribution < -0.4 is 16.0 Å². The van der Waals surface area contributed by atoms with Gasteiger partial charge >= 0.3 is 0 Å². The van der Waals surface area contributed by atoms with Crippen LogP contribution in [0.5, 0.6) is 0 Å². The summed E-state index contributed by atoms with van der Waals surface area (Å²) in [5, 5.41) is 8.90. The molecule has 0 fully saturated rings. The molecule has 3 N–H and O–H groups in total. The highest BCUT2D eigenvalue weighted by atomic mass is 35.5. The Labute approximate surface area is 236 Å². The second kappa shape index (κ2) is 13.5. The van der Waals surface area contributed by atoms with E-state index in [0.717, 1.165) is 16.1 Å². The Kier molecular flexibility index (Phi) is 9.56. The van der Waals surface area contributed by atoms with Crippen molar-refractivity contribution >= 4 is 58.5 Å². The molecule has 0 aromatic heterocycles. The highest BCUT2D eigenvalue weighted by Gasteiger charge is 2.16. The molecule has 0 aliphatic rings. The molecule has 39 heavy (non-hydrogen) atoms. The minimum absolute atomic E-state index is 0.0348. The monoisotopic (exact) mass is 555 g/mol. The van der Waals surface area contributed by atoms with Crippen LogP contribution in [0.25, 0.3) is 6.08 Å². The maximum Gasteiger partial charge on any atom is 0.272 e. The maximum absolute atomic E-state index is 13.3. The average molecular weight is 556 g/mol. The largest absolute Gasteiger partial charge is 0.325 e. The van der Waals surface area contributed by atoms with Gasteiger partial charge in [-0.2, -0.15) is 0 Å². The van der Waals surface area contributed by atoms with Gasteiger partial charge in [0.2, 0.25) is 5.91 Å². The van der Waals surface area contributed by atoms with Gasteiger partial charge in [-0.3, -0.25) is 14.4 Å². The number of rotatable bonds is 9. The molecule has 4 rings (SSSR count). The van der Waals surface area contributed by atoms with Crippen molar-refractivity contribution in [1.82, 2.24) is 5.32 Å². The van der Waals surface area contributed by atoms with Crippen molar-refractivity contribution in [3.63, 3.8) is 0 Å². The summed E-state index contributed by atoms with van der Waals surface area (Å²) < 4.78 is 0. The van der Waals surface area contributed by atoms with Gasteiger partial charge < -0.3 is 16.0 Å². The number of carbonyl (C=O) groups is 3. The topological polar surface area (TPSA) is 87.3 Å². The molecule has 0 saturated heterocycles. The van der Waals surface area contributed by atoms with E-state index in [1.165, 1.54) is 17.8 Å². The molecule has 0 unspecified atom stereocenters. The van der Waals surface area contributed by atoms with Crippen molar-refractivity contribution in [1.29, 1.82) is 0 Å². The minimum Gasteiger partial charge on any atom is -0.325 e. The number of hydrogen-bond acceptors (Lipinski definition) is 4. The van der Waals surface area contributed by atoms with Gasteiger partial charge in [0.15, 0.2) is 0 Å². The van der Waals surface area contributed by atoms with Crippen molar-refractivity contribution in [3.8, 4) is 0 Å². The Morgan fingerprint density at radius 2 is 1.54 bits per heavy atom. The number of thioether (sulfide) groups is 1. The third kappa shape index (κ3) is 8.07. The zero-order valence-corrected chi connectivity index (χ0v) is 22.7. The first-order valence-corrected chi connectivity index (χ1v) is 13.5. The molecule has 3 amide bonds. The molecule has 0 bridgehead atoms. The van der Waals surface area contributed by atoms with Gasteiger partial charge in [-0.05, 0) is 66.6 Å². The van der Waals surface area contributed by atoms with E-state index >= 15 is 0 Å². The second-order valence-corrected chi connectivity index (χ2v) is 9.99. The van der Waals surface area contributed by atoms with Gasteiger partial charge in [0.25, 0.3) is 11.8 Å².